The number of esters is 1. The van der Waals surface area contributed by atoms with Crippen molar-refractivity contribution in [2.75, 3.05) is 20.2 Å². The summed E-state index contributed by atoms with van der Waals surface area (Å²) in [6.45, 7) is 0.655. The lowest BCUT2D eigenvalue weighted by molar-refractivity contribution is -0.384. The van der Waals surface area contributed by atoms with Gasteiger partial charge in [0.1, 0.15) is 11.4 Å². The molecule has 9 nitrogen and oxygen atoms in total. The second kappa shape index (κ2) is 6.45. The van der Waals surface area contributed by atoms with E-state index in [9.17, 15) is 23.3 Å². The minimum atomic E-state index is -3.79. The second-order valence-electron chi connectivity index (χ2n) is 5.77. The van der Waals surface area contributed by atoms with Gasteiger partial charge in [0.25, 0.3) is 5.69 Å². The fourth-order valence-electron chi connectivity index (χ4n) is 2.97. The summed E-state index contributed by atoms with van der Waals surface area (Å²) in [6.07, 6.45) is 2.90. The molecular weight excluding hydrogens is 350 g/mol. The van der Waals surface area contributed by atoms with E-state index in [2.05, 4.69) is 4.74 Å². The van der Waals surface area contributed by atoms with Crippen LogP contribution >= 0.6 is 0 Å². The van der Waals surface area contributed by atoms with Gasteiger partial charge in [-0.25, -0.2) is 8.42 Å². The minimum absolute atomic E-state index is 0.0306. The monoisotopic (exact) mass is 367 g/mol. The molecule has 0 amide bonds. The largest absolute Gasteiger partial charge is 0.468 e. The molecule has 0 spiro atoms. The summed E-state index contributed by atoms with van der Waals surface area (Å²) >= 11 is 0. The van der Waals surface area contributed by atoms with Crippen LogP contribution in [0, 0.1) is 10.1 Å². The highest BCUT2D eigenvalue weighted by Gasteiger charge is 2.31. The molecule has 0 N–H and O–H groups in total. The molecule has 1 aliphatic rings. The number of hydrogen-bond acceptors (Lipinski definition) is 6. The van der Waals surface area contributed by atoms with E-state index in [-0.39, 0.29) is 22.5 Å². The van der Waals surface area contributed by atoms with Gasteiger partial charge in [-0.2, -0.15) is 4.31 Å². The van der Waals surface area contributed by atoms with Gasteiger partial charge >= 0.3 is 5.97 Å². The Hall–Kier alpha value is -2.46. The first-order chi connectivity index (χ1) is 11.8. The number of nitrogens with zero attached hydrogens (tertiary/aromatic N) is 3. The Morgan fingerprint density at radius 1 is 1.32 bits per heavy atom. The second-order valence-corrected chi connectivity index (χ2v) is 7.67. The molecule has 25 heavy (non-hydrogen) atoms. The molecule has 10 heteroatoms. The molecule has 0 bridgehead atoms. The third-order valence-corrected chi connectivity index (χ3v) is 6.18. The third kappa shape index (κ3) is 3.10. The number of nitro benzene ring substituents is 1. The van der Waals surface area contributed by atoms with Gasteiger partial charge < -0.3 is 9.30 Å². The number of carbonyl (C=O) groups is 1. The van der Waals surface area contributed by atoms with Crippen molar-refractivity contribution in [3.05, 3.63) is 34.5 Å². The average Bonchev–Trinajstić information content (AvgIpc) is 3.23. The number of sulfonamides is 1. The molecule has 1 fully saturated rings. The van der Waals surface area contributed by atoms with Crippen molar-refractivity contribution in [2.24, 2.45) is 0 Å². The van der Waals surface area contributed by atoms with Crippen molar-refractivity contribution in [1.29, 1.82) is 0 Å². The number of rotatable bonds is 5. The number of nitro groups is 1. The first-order valence-electron chi connectivity index (χ1n) is 7.69. The molecule has 1 aliphatic heterocycles. The lowest BCUT2D eigenvalue weighted by Gasteiger charge is -2.14. The molecule has 3 rings (SSSR count). The smallest absolute Gasteiger partial charge is 0.325 e. The van der Waals surface area contributed by atoms with Crippen LogP contribution in [0.15, 0.2) is 29.3 Å². The Bertz CT molecular complexity index is 944. The molecule has 1 saturated heterocycles. The van der Waals surface area contributed by atoms with Gasteiger partial charge in [-0.1, -0.05) is 0 Å². The van der Waals surface area contributed by atoms with E-state index in [1.54, 1.807) is 0 Å². The molecule has 2 heterocycles. The molecule has 0 radical (unpaired) electrons. The number of fused-ring (bicyclic) bond motifs is 1. The standard InChI is InChI=1S/C15H17N3O6S/c1-24-15(19)10-16-9-14(25(22,23)17-6-2-3-7-17)12-8-11(18(20)21)4-5-13(12)16/h4-5,8-9H,2-3,6-7,10H2,1H3. The van der Waals surface area contributed by atoms with Gasteiger partial charge in [0.05, 0.1) is 17.5 Å². The zero-order valence-corrected chi connectivity index (χ0v) is 14.4. The van der Waals surface area contributed by atoms with Crippen LogP contribution in [0.5, 0.6) is 0 Å². The van der Waals surface area contributed by atoms with Crippen LogP contribution in [0.2, 0.25) is 0 Å². The molecule has 1 aromatic carbocycles. The van der Waals surface area contributed by atoms with Gasteiger partial charge in [-0.05, 0) is 18.9 Å². The highest BCUT2D eigenvalue weighted by atomic mass is 32.2. The quantitative estimate of drug-likeness (QED) is 0.450. The Labute approximate surface area is 144 Å². The van der Waals surface area contributed by atoms with Crippen LogP contribution < -0.4 is 0 Å². The zero-order valence-electron chi connectivity index (χ0n) is 13.5. The van der Waals surface area contributed by atoms with E-state index in [0.717, 1.165) is 12.8 Å². The number of aromatic nitrogens is 1. The number of carbonyl (C=O) groups excluding carboxylic acids is 1. The van der Waals surface area contributed by atoms with E-state index in [1.165, 1.54) is 40.4 Å². The summed E-state index contributed by atoms with van der Waals surface area (Å²) < 4.78 is 33.3. The zero-order chi connectivity index (χ0) is 18.2. The van der Waals surface area contributed by atoms with E-state index >= 15 is 0 Å². The Kier molecular flexibility index (Phi) is 4.48. The van der Waals surface area contributed by atoms with Crippen molar-refractivity contribution in [3.8, 4) is 0 Å². The third-order valence-electron chi connectivity index (χ3n) is 4.25. The van der Waals surface area contributed by atoms with Crippen LogP contribution in [0.25, 0.3) is 10.9 Å². The normalized spacial score (nSPS) is 15.6. The fourth-order valence-corrected chi connectivity index (χ4v) is 4.69. The number of ether oxygens (including phenoxy) is 1. The number of benzene rings is 1. The first-order valence-corrected chi connectivity index (χ1v) is 9.13. The highest BCUT2D eigenvalue weighted by Crippen LogP contribution is 2.32. The van der Waals surface area contributed by atoms with Gasteiger partial charge in [0.15, 0.2) is 0 Å². The van der Waals surface area contributed by atoms with Crippen molar-refractivity contribution in [1.82, 2.24) is 8.87 Å². The summed E-state index contributed by atoms with van der Waals surface area (Å²) in [5.41, 5.74) is 0.218. The maximum atomic E-state index is 12.9. The van der Waals surface area contributed by atoms with E-state index < -0.39 is 20.9 Å². The van der Waals surface area contributed by atoms with Gasteiger partial charge in [0.2, 0.25) is 10.0 Å². The summed E-state index contributed by atoms with van der Waals surface area (Å²) in [7, 11) is -2.55. The van der Waals surface area contributed by atoms with Crippen LogP contribution in [-0.4, -0.2) is 48.4 Å². The van der Waals surface area contributed by atoms with Gasteiger partial charge in [-0.3, -0.25) is 14.9 Å². The topological polar surface area (TPSA) is 112 Å². The number of non-ortho nitro benzene ring substituents is 1. The van der Waals surface area contributed by atoms with E-state index in [1.807, 2.05) is 0 Å². The molecule has 0 aliphatic carbocycles. The molecule has 0 unspecified atom stereocenters. The molecule has 0 saturated carbocycles. The van der Waals surface area contributed by atoms with Gasteiger partial charge in [0, 0.05) is 36.8 Å². The summed E-state index contributed by atoms with van der Waals surface area (Å²) in [5.74, 6) is -0.541. The molecular formula is C15H17N3O6S. The number of hydrogen-bond donors (Lipinski definition) is 0. The highest BCUT2D eigenvalue weighted by molar-refractivity contribution is 7.89. The first kappa shape index (κ1) is 17.4. The lowest BCUT2D eigenvalue weighted by Crippen LogP contribution is -2.27. The molecule has 134 valence electrons. The predicted molar refractivity (Wildman–Crippen MR) is 88.6 cm³/mol. The minimum Gasteiger partial charge on any atom is -0.468 e. The maximum Gasteiger partial charge on any atom is 0.325 e. The lowest BCUT2D eigenvalue weighted by atomic mass is 10.2. The fraction of sp³-hybridized carbons (Fsp3) is 0.400. The maximum absolute atomic E-state index is 12.9. The van der Waals surface area contributed by atoms with Crippen molar-refractivity contribution in [2.45, 2.75) is 24.3 Å². The molecule has 1 aromatic heterocycles. The predicted octanol–water partition coefficient (Wildman–Crippen LogP) is 1.51. The average molecular weight is 367 g/mol. The Balaban J connectivity index is 2.20. The van der Waals surface area contributed by atoms with E-state index in [0.29, 0.717) is 18.6 Å². The van der Waals surface area contributed by atoms with Crippen molar-refractivity contribution < 1.29 is 22.9 Å². The van der Waals surface area contributed by atoms with Crippen LogP contribution in [0.1, 0.15) is 12.8 Å². The summed E-state index contributed by atoms with van der Waals surface area (Å²) in [5, 5.41) is 11.3. The molecule has 0 atom stereocenters. The van der Waals surface area contributed by atoms with Gasteiger partial charge in [-0.15, -0.1) is 0 Å². The van der Waals surface area contributed by atoms with Crippen LogP contribution in [0.3, 0.4) is 0 Å². The summed E-state index contributed by atoms with van der Waals surface area (Å²) in [4.78, 5) is 22.1. The molecule has 2 aromatic rings. The van der Waals surface area contributed by atoms with E-state index in [4.69, 9.17) is 0 Å². The van der Waals surface area contributed by atoms with Crippen molar-refractivity contribution >= 4 is 32.6 Å². The summed E-state index contributed by atoms with van der Waals surface area (Å²) in [6, 6.07) is 3.95. The Morgan fingerprint density at radius 2 is 2.00 bits per heavy atom. The van der Waals surface area contributed by atoms with Crippen molar-refractivity contribution in [3.63, 3.8) is 0 Å². The van der Waals surface area contributed by atoms with Crippen LogP contribution in [-0.2, 0) is 26.1 Å². The van der Waals surface area contributed by atoms with Crippen LogP contribution in [0.4, 0.5) is 5.69 Å². The SMILES string of the molecule is COC(=O)Cn1cc(S(=O)(=O)N2CCCC2)c2cc([N+](=O)[O-])ccc21. The Morgan fingerprint density at radius 3 is 2.60 bits per heavy atom. The number of methoxy groups -OCH3 is 1.